The maximum atomic E-state index is 12.2. The van der Waals surface area contributed by atoms with Crippen molar-refractivity contribution in [2.24, 2.45) is 0 Å². The molecule has 0 saturated carbocycles. The predicted octanol–water partition coefficient (Wildman–Crippen LogP) is 0.843. The number of hydroxylamine groups is 1. The Balaban J connectivity index is 3.15. The molecule has 1 N–H and O–H groups in total. The second-order valence-corrected chi connectivity index (χ2v) is 1.78. The molecule has 0 fully saturated rings. The summed E-state index contributed by atoms with van der Waals surface area (Å²) in [5.74, 6) is -1.42. The lowest BCUT2D eigenvalue weighted by Crippen LogP contribution is -2.32. The number of hydrogen-bond donors (Lipinski definition) is 1. The van der Waals surface area contributed by atoms with Crippen LogP contribution in [0.3, 0.4) is 0 Å². The van der Waals surface area contributed by atoms with Crippen LogP contribution in [-0.4, -0.2) is 12.9 Å². The lowest BCUT2D eigenvalue weighted by molar-refractivity contribution is -0.0367. The van der Waals surface area contributed by atoms with E-state index in [1.807, 2.05) is 0 Å². The zero-order valence-electron chi connectivity index (χ0n) is 4.79. The van der Waals surface area contributed by atoms with Gasteiger partial charge in [-0.05, 0) is 13.8 Å². The Morgan fingerprint density at radius 2 is 2.00 bits per heavy atom. The summed E-state index contributed by atoms with van der Waals surface area (Å²) in [4.78, 5) is 4.28. The van der Waals surface area contributed by atoms with E-state index in [2.05, 4.69) is 10.3 Å². The van der Waals surface area contributed by atoms with Crippen molar-refractivity contribution in [3.63, 3.8) is 0 Å². The van der Waals surface area contributed by atoms with Gasteiger partial charge in [0.2, 0.25) is 0 Å². The fraction of sp³-hybridized carbons (Fsp3) is 1.00. The van der Waals surface area contributed by atoms with Crippen LogP contribution in [0.5, 0.6) is 0 Å². The number of hydrogen-bond acceptors (Lipinski definition) is 2. The molecule has 0 radical (unpaired) electrons. The van der Waals surface area contributed by atoms with Crippen molar-refractivity contribution in [1.29, 1.82) is 0 Å². The number of nitrogens with one attached hydrogen (secondary N) is 1. The smallest absolute Gasteiger partial charge is 0.177 e. The highest BCUT2D eigenvalue weighted by Gasteiger charge is 2.11. The quantitative estimate of drug-likeness (QED) is 0.417. The van der Waals surface area contributed by atoms with Gasteiger partial charge in [0.1, 0.15) is 0 Å². The molecular formula is C4H10FNO. The van der Waals surface area contributed by atoms with Gasteiger partial charge in [-0.25, -0.2) is 4.39 Å². The maximum Gasteiger partial charge on any atom is 0.177 e. The van der Waals surface area contributed by atoms with E-state index in [4.69, 9.17) is 0 Å². The summed E-state index contributed by atoms with van der Waals surface area (Å²) < 4.78 is 12.2. The van der Waals surface area contributed by atoms with Crippen LogP contribution in [0.15, 0.2) is 0 Å². The van der Waals surface area contributed by atoms with Crippen molar-refractivity contribution < 1.29 is 9.23 Å². The van der Waals surface area contributed by atoms with Crippen molar-refractivity contribution in [3.05, 3.63) is 0 Å². The largest absolute Gasteiger partial charge is 0.302 e. The highest BCUT2D eigenvalue weighted by molar-refractivity contribution is 4.52. The van der Waals surface area contributed by atoms with Crippen molar-refractivity contribution in [1.82, 2.24) is 5.48 Å². The number of rotatable bonds is 2. The van der Waals surface area contributed by atoms with Crippen molar-refractivity contribution in [3.8, 4) is 0 Å². The summed E-state index contributed by atoms with van der Waals surface area (Å²) >= 11 is 0. The second-order valence-electron chi connectivity index (χ2n) is 1.78. The van der Waals surface area contributed by atoms with Gasteiger partial charge >= 0.3 is 0 Å². The zero-order chi connectivity index (χ0) is 5.91. The van der Waals surface area contributed by atoms with Gasteiger partial charge in [0, 0.05) is 0 Å². The van der Waals surface area contributed by atoms with Crippen LogP contribution in [0, 0.1) is 0 Å². The Bertz CT molecular complexity index is 50.1. The minimum absolute atomic E-state index is 1.37. The molecule has 0 aromatic carbocycles. The SMILES string of the molecule is CONC(C)(C)F. The fourth-order valence-corrected chi connectivity index (χ4v) is 0.243. The van der Waals surface area contributed by atoms with E-state index in [0.29, 0.717) is 0 Å². The molecule has 0 amide bonds. The predicted molar refractivity (Wildman–Crippen MR) is 25.3 cm³/mol. The first kappa shape index (κ1) is 6.85. The summed E-state index contributed by atoms with van der Waals surface area (Å²) in [5, 5.41) is 0. The molecule has 3 heteroatoms. The van der Waals surface area contributed by atoms with Gasteiger partial charge in [0.25, 0.3) is 0 Å². The van der Waals surface area contributed by atoms with Crippen LogP contribution in [0.1, 0.15) is 13.8 Å². The summed E-state index contributed by atoms with van der Waals surface area (Å²) in [6, 6.07) is 0. The lowest BCUT2D eigenvalue weighted by atomic mass is 10.4. The number of halogens is 1. The van der Waals surface area contributed by atoms with Crippen LogP contribution in [0.2, 0.25) is 0 Å². The molecule has 0 atom stereocenters. The average molecular weight is 107 g/mol. The molecule has 0 heterocycles. The molecule has 0 aliphatic carbocycles. The maximum absolute atomic E-state index is 12.2. The van der Waals surface area contributed by atoms with Crippen LogP contribution in [-0.2, 0) is 4.84 Å². The molecule has 44 valence electrons. The average Bonchev–Trinajstić information content (AvgIpc) is 1.30. The van der Waals surface area contributed by atoms with Gasteiger partial charge in [0.05, 0.1) is 7.11 Å². The summed E-state index contributed by atoms with van der Waals surface area (Å²) in [7, 11) is 1.38. The molecule has 0 aromatic rings. The Labute approximate surface area is 42.6 Å². The second kappa shape index (κ2) is 2.23. The normalized spacial score (nSPS) is 12.0. The zero-order valence-corrected chi connectivity index (χ0v) is 4.79. The number of alkyl halides is 1. The molecule has 0 aromatic heterocycles. The van der Waals surface area contributed by atoms with Crippen molar-refractivity contribution in [2.75, 3.05) is 7.11 Å². The van der Waals surface area contributed by atoms with Crippen LogP contribution in [0.25, 0.3) is 0 Å². The lowest BCUT2D eigenvalue weighted by Gasteiger charge is -2.12. The third kappa shape index (κ3) is 5.85. The fourth-order valence-electron chi connectivity index (χ4n) is 0.243. The van der Waals surface area contributed by atoms with Crippen molar-refractivity contribution >= 4 is 0 Å². The van der Waals surface area contributed by atoms with E-state index >= 15 is 0 Å². The van der Waals surface area contributed by atoms with Gasteiger partial charge in [-0.15, -0.1) is 0 Å². The van der Waals surface area contributed by atoms with Gasteiger partial charge in [0.15, 0.2) is 5.79 Å². The topological polar surface area (TPSA) is 21.3 Å². The molecule has 0 rings (SSSR count). The third-order valence-corrected chi connectivity index (χ3v) is 0.345. The molecule has 2 nitrogen and oxygen atoms in total. The molecule has 0 unspecified atom stereocenters. The molecule has 7 heavy (non-hydrogen) atoms. The molecule has 0 bridgehead atoms. The van der Waals surface area contributed by atoms with Gasteiger partial charge in [-0.2, -0.15) is 5.48 Å². The Kier molecular flexibility index (Phi) is 2.19. The summed E-state index contributed by atoms with van der Waals surface area (Å²) in [5.41, 5.74) is 2.12. The highest BCUT2D eigenvalue weighted by atomic mass is 19.1. The van der Waals surface area contributed by atoms with Crippen molar-refractivity contribution in [2.45, 2.75) is 19.6 Å². The molecule has 0 spiro atoms. The summed E-state index contributed by atoms with van der Waals surface area (Å²) in [6.07, 6.45) is 0. The van der Waals surface area contributed by atoms with E-state index < -0.39 is 5.79 Å². The Morgan fingerprint density at radius 1 is 1.57 bits per heavy atom. The Morgan fingerprint density at radius 3 is 2.00 bits per heavy atom. The highest BCUT2D eigenvalue weighted by Crippen LogP contribution is 2.00. The first-order chi connectivity index (χ1) is 3.06. The third-order valence-electron chi connectivity index (χ3n) is 0.345. The first-order valence-electron chi connectivity index (χ1n) is 2.05. The first-order valence-corrected chi connectivity index (χ1v) is 2.05. The van der Waals surface area contributed by atoms with Crippen LogP contribution < -0.4 is 5.48 Å². The van der Waals surface area contributed by atoms with Crippen LogP contribution in [0.4, 0.5) is 4.39 Å². The Hall–Kier alpha value is -0.150. The van der Waals surface area contributed by atoms with Gasteiger partial charge < -0.3 is 4.84 Å². The summed E-state index contributed by atoms with van der Waals surface area (Å²) in [6.45, 7) is 2.74. The van der Waals surface area contributed by atoms with Gasteiger partial charge in [-0.1, -0.05) is 0 Å². The molecule has 0 aliphatic heterocycles. The van der Waals surface area contributed by atoms with E-state index in [1.165, 1.54) is 21.0 Å². The van der Waals surface area contributed by atoms with Crippen LogP contribution >= 0.6 is 0 Å². The van der Waals surface area contributed by atoms with E-state index in [9.17, 15) is 4.39 Å². The minimum Gasteiger partial charge on any atom is -0.302 e. The molecule has 0 aliphatic rings. The molecular weight excluding hydrogens is 97.0 g/mol. The molecule has 0 saturated heterocycles. The standard InChI is InChI=1S/C4H10FNO/c1-4(2,5)6-7-3/h6H,1-3H3. The van der Waals surface area contributed by atoms with E-state index in [1.54, 1.807) is 0 Å². The van der Waals surface area contributed by atoms with Gasteiger partial charge in [-0.3, -0.25) is 0 Å². The van der Waals surface area contributed by atoms with E-state index in [-0.39, 0.29) is 0 Å². The monoisotopic (exact) mass is 107 g/mol. The minimum atomic E-state index is -1.42. The van der Waals surface area contributed by atoms with E-state index in [0.717, 1.165) is 0 Å².